The van der Waals surface area contributed by atoms with E-state index in [0.29, 0.717) is 19.7 Å². The van der Waals surface area contributed by atoms with Crippen LogP contribution in [0.5, 0.6) is 5.75 Å². The number of aryl methyl sites for hydroxylation is 2. The first-order chi connectivity index (χ1) is 16.4. The molecule has 2 aromatic carbocycles. The lowest BCUT2D eigenvalue weighted by Gasteiger charge is -2.37. The van der Waals surface area contributed by atoms with E-state index in [-0.39, 0.29) is 30.0 Å². The van der Waals surface area contributed by atoms with Crippen LogP contribution < -0.4 is 4.74 Å². The van der Waals surface area contributed by atoms with E-state index in [9.17, 15) is 14.0 Å². The maximum atomic E-state index is 13.6. The molecule has 0 spiro atoms. The predicted molar refractivity (Wildman–Crippen MR) is 132 cm³/mol. The zero-order valence-electron chi connectivity index (χ0n) is 19.7. The minimum absolute atomic E-state index is 0.0641. The van der Waals surface area contributed by atoms with Gasteiger partial charge in [0.25, 0.3) is 5.91 Å². The second-order valence-corrected chi connectivity index (χ2v) is 9.56. The van der Waals surface area contributed by atoms with Crippen LogP contribution >= 0.6 is 11.3 Å². The summed E-state index contributed by atoms with van der Waals surface area (Å²) in [7, 11) is 0. The molecule has 7 heteroatoms. The third kappa shape index (κ3) is 5.14. The van der Waals surface area contributed by atoms with E-state index in [1.54, 1.807) is 17.4 Å². The van der Waals surface area contributed by atoms with Gasteiger partial charge in [0.1, 0.15) is 24.7 Å². The summed E-state index contributed by atoms with van der Waals surface area (Å²) in [5.41, 5.74) is 3.57. The maximum absolute atomic E-state index is 13.6. The van der Waals surface area contributed by atoms with Gasteiger partial charge in [-0.2, -0.15) is 0 Å². The lowest BCUT2D eigenvalue weighted by Crippen LogP contribution is -2.47. The number of ether oxygens (including phenoxy) is 1. The number of halogens is 1. The number of likely N-dealkylation sites (N-methyl/N-ethyl adjacent to an activating group) is 1. The van der Waals surface area contributed by atoms with E-state index in [1.807, 2.05) is 37.8 Å². The van der Waals surface area contributed by atoms with Gasteiger partial charge >= 0.3 is 0 Å². The molecule has 0 bridgehead atoms. The van der Waals surface area contributed by atoms with Gasteiger partial charge in [-0.25, -0.2) is 4.39 Å². The molecule has 1 atom stereocenters. The van der Waals surface area contributed by atoms with Crippen molar-refractivity contribution in [2.75, 3.05) is 26.2 Å². The molecule has 2 heterocycles. The van der Waals surface area contributed by atoms with Gasteiger partial charge in [0.15, 0.2) is 0 Å². The standard InChI is InChI=1S/C27H29FN2O3S/c1-4-29(27(32)20-6-5-7-21(28)15-20)16-26(31)30-12-10-25-22(11-13-34-25)23(30)17-33-24-9-8-18(2)14-19(24)3/h5-9,11,13-15,23H,4,10,12,16-17H2,1-3H3/t23-/m1/s1. The monoisotopic (exact) mass is 480 g/mol. The van der Waals surface area contributed by atoms with E-state index in [1.165, 1.54) is 33.5 Å². The van der Waals surface area contributed by atoms with Gasteiger partial charge in [-0.15, -0.1) is 11.3 Å². The normalized spacial score (nSPS) is 15.1. The van der Waals surface area contributed by atoms with Crippen LogP contribution in [0.3, 0.4) is 0 Å². The molecule has 0 saturated carbocycles. The Kier molecular flexibility index (Phi) is 7.32. The Hall–Kier alpha value is -3.19. The van der Waals surface area contributed by atoms with Crippen LogP contribution in [-0.4, -0.2) is 47.9 Å². The molecule has 178 valence electrons. The van der Waals surface area contributed by atoms with Crippen molar-refractivity contribution in [2.24, 2.45) is 0 Å². The molecule has 1 aliphatic heterocycles. The lowest BCUT2D eigenvalue weighted by molar-refractivity contribution is -0.135. The van der Waals surface area contributed by atoms with E-state index in [0.717, 1.165) is 23.3 Å². The van der Waals surface area contributed by atoms with Crippen LogP contribution in [0.2, 0.25) is 0 Å². The summed E-state index contributed by atoms with van der Waals surface area (Å²) in [5, 5.41) is 2.05. The van der Waals surface area contributed by atoms with Crippen molar-refractivity contribution < 1.29 is 18.7 Å². The summed E-state index contributed by atoms with van der Waals surface area (Å²) >= 11 is 1.70. The van der Waals surface area contributed by atoms with Crippen molar-refractivity contribution in [3.8, 4) is 5.75 Å². The number of carbonyl (C=O) groups excluding carboxylic acids is 2. The van der Waals surface area contributed by atoms with Crippen LogP contribution in [0.1, 0.15) is 44.9 Å². The summed E-state index contributed by atoms with van der Waals surface area (Å²) in [6.45, 7) is 7.06. The number of rotatable bonds is 7. The molecule has 34 heavy (non-hydrogen) atoms. The van der Waals surface area contributed by atoms with Gasteiger partial charge in [-0.1, -0.05) is 23.8 Å². The third-order valence-electron chi connectivity index (χ3n) is 6.21. The fourth-order valence-electron chi connectivity index (χ4n) is 4.39. The minimum Gasteiger partial charge on any atom is -0.491 e. The molecular weight excluding hydrogens is 451 g/mol. The molecule has 0 fully saturated rings. The average molecular weight is 481 g/mol. The molecule has 1 aromatic heterocycles. The Morgan fingerprint density at radius 1 is 1.18 bits per heavy atom. The second-order valence-electron chi connectivity index (χ2n) is 8.56. The first kappa shape index (κ1) is 24.0. The smallest absolute Gasteiger partial charge is 0.254 e. The van der Waals surface area contributed by atoms with Gasteiger partial charge < -0.3 is 14.5 Å². The van der Waals surface area contributed by atoms with Crippen LogP contribution in [0.15, 0.2) is 53.9 Å². The summed E-state index contributed by atoms with van der Waals surface area (Å²) in [4.78, 5) is 30.9. The number of amides is 2. The molecule has 2 amide bonds. The average Bonchev–Trinajstić information content (AvgIpc) is 3.30. The molecule has 0 aliphatic carbocycles. The highest BCUT2D eigenvalue weighted by atomic mass is 32.1. The lowest BCUT2D eigenvalue weighted by atomic mass is 10.00. The molecule has 4 rings (SSSR count). The second kappa shape index (κ2) is 10.4. The summed E-state index contributed by atoms with van der Waals surface area (Å²) in [6.07, 6.45) is 0.781. The fraction of sp³-hybridized carbons (Fsp3) is 0.333. The van der Waals surface area contributed by atoms with Crippen LogP contribution in [-0.2, 0) is 11.2 Å². The zero-order valence-corrected chi connectivity index (χ0v) is 20.5. The number of fused-ring (bicyclic) bond motifs is 1. The summed E-state index contributed by atoms with van der Waals surface area (Å²) in [5.74, 6) is -0.168. The van der Waals surface area contributed by atoms with E-state index < -0.39 is 5.82 Å². The number of hydrogen-bond acceptors (Lipinski definition) is 4. The number of benzene rings is 2. The summed E-state index contributed by atoms with van der Waals surface area (Å²) in [6, 6.07) is 13.4. The largest absolute Gasteiger partial charge is 0.491 e. The molecular formula is C27H29FN2O3S. The topological polar surface area (TPSA) is 49.9 Å². The highest BCUT2D eigenvalue weighted by Crippen LogP contribution is 2.34. The van der Waals surface area contributed by atoms with Gasteiger partial charge in [0.2, 0.25) is 5.91 Å². The Labute approximate surface area is 203 Å². The van der Waals surface area contributed by atoms with Crippen LogP contribution in [0, 0.1) is 19.7 Å². The van der Waals surface area contributed by atoms with Crippen LogP contribution in [0.25, 0.3) is 0 Å². The van der Waals surface area contributed by atoms with Gasteiger partial charge in [-0.05, 0) is 74.0 Å². The number of nitrogens with zero attached hydrogens (tertiary/aromatic N) is 2. The van der Waals surface area contributed by atoms with Crippen molar-refractivity contribution in [2.45, 2.75) is 33.2 Å². The Balaban J connectivity index is 1.52. The van der Waals surface area contributed by atoms with Gasteiger partial charge in [0.05, 0.1) is 6.04 Å². The molecule has 0 saturated heterocycles. The number of thiophene rings is 1. The molecule has 0 radical (unpaired) electrons. The third-order valence-corrected chi connectivity index (χ3v) is 7.21. The Morgan fingerprint density at radius 2 is 2.00 bits per heavy atom. The van der Waals surface area contributed by atoms with E-state index >= 15 is 0 Å². The zero-order chi connectivity index (χ0) is 24.2. The highest BCUT2D eigenvalue weighted by Gasteiger charge is 2.33. The number of carbonyl (C=O) groups is 2. The van der Waals surface area contributed by atoms with Gasteiger partial charge in [0, 0.05) is 23.5 Å². The molecule has 0 unspecified atom stereocenters. The van der Waals surface area contributed by atoms with Gasteiger partial charge in [-0.3, -0.25) is 9.59 Å². The quantitative estimate of drug-likeness (QED) is 0.469. The Bertz CT molecular complexity index is 1190. The summed E-state index contributed by atoms with van der Waals surface area (Å²) < 4.78 is 19.8. The van der Waals surface area contributed by atoms with Crippen molar-refractivity contribution in [1.29, 1.82) is 0 Å². The molecule has 3 aromatic rings. The van der Waals surface area contributed by atoms with Crippen molar-refractivity contribution in [1.82, 2.24) is 9.80 Å². The predicted octanol–water partition coefficient (Wildman–Crippen LogP) is 5.17. The first-order valence-electron chi connectivity index (χ1n) is 11.5. The molecule has 5 nitrogen and oxygen atoms in total. The Morgan fingerprint density at radius 3 is 2.74 bits per heavy atom. The van der Waals surface area contributed by atoms with E-state index in [2.05, 4.69) is 17.5 Å². The van der Waals surface area contributed by atoms with E-state index in [4.69, 9.17) is 4.74 Å². The van der Waals surface area contributed by atoms with Crippen molar-refractivity contribution >= 4 is 23.2 Å². The SMILES string of the molecule is CCN(CC(=O)N1CCc2sccc2[C@H]1COc1ccc(C)cc1C)C(=O)c1cccc(F)c1. The fourth-order valence-corrected chi connectivity index (χ4v) is 5.32. The first-order valence-corrected chi connectivity index (χ1v) is 12.4. The minimum atomic E-state index is -0.474. The maximum Gasteiger partial charge on any atom is 0.254 e. The number of hydrogen-bond donors (Lipinski definition) is 0. The highest BCUT2D eigenvalue weighted by molar-refractivity contribution is 7.10. The molecule has 1 aliphatic rings. The van der Waals surface area contributed by atoms with Crippen molar-refractivity contribution in [3.05, 3.63) is 86.9 Å². The molecule has 0 N–H and O–H groups in total. The van der Waals surface area contributed by atoms with Crippen LogP contribution in [0.4, 0.5) is 4.39 Å². The van der Waals surface area contributed by atoms with Crippen molar-refractivity contribution in [3.63, 3.8) is 0 Å².